The first kappa shape index (κ1) is 78.0. The average Bonchev–Trinajstić information content (AvgIpc) is 3.49. The van der Waals surface area contributed by atoms with Gasteiger partial charge in [-0.1, -0.05) is 301 Å². The Bertz CT molecular complexity index is 1840. The van der Waals surface area contributed by atoms with E-state index >= 15 is 0 Å². The second-order valence-corrected chi connectivity index (χ2v) is 22.0. The van der Waals surface area contributed by atoms with Gasteiger partial charge in [0.05, 0.1) is 0 Å². The zero-order chi connectivity index (χ0) is 59.9. The molecule has 0 radical (unpaired) electrons. The van der Waals surface area contributed by atoms with Gasteiger partial charge >= 0.3 is 17.9 Å². The van der Waals surface area contributed by atoms with Gasteiger partial charge in [0.1, 0.15) is 13.2 Å². The smallest absolute Gasteiger partial charge is 0.306 e. The lowest BCUT2D eigenvalue weighted by molar-refractivity contribution is -0.167. The third-order valence-electron chi connectivity index (χ3n) is 14.0. The molecular weight excluding hydrogens is 1020 g/mol. The number of allylic oxidation sites excluding steroid dienone is 26. The maximum absolute atomic E-state index is 12.9. The van der Waals surface area contributed by atoms with Crippen molar-refractivity contribution >= 4 is 17.9 Å². The first-order valence-electron chi connectivity index (χ1n) is 34.0. The van der Waals surface area contributed by atoms with Crippen LogP contribution >= 0.6 is 0 Å². The molecule has 0 amide bonds. The van der Waals surface area contributed by atoms with E-state index < -0.39 is 6.10 Å². The minimum absolute atomic E-state index is 0.0918. The highest BCUT2D eigenvalue weighted by atomic mass is 16.6. The Hall–Kier alpha value is -4.97. The molecule has 6 nitrogen and oxygen atoms in total. The van der Waals surface area contributed by atoms with Crippen LogP contribution in [0.2, 0.25) is 0 Å². The van der Waals surface area contributed by atoms with Crippen LogP contribution in [0, 0.1) is 0 Å². The summed E-state index contributed by atoms with van der Waals surface area (Å²) >= 11 is 0. The highest BCUT2D eigenvalue weighted by Crippen LogP contribution is 2.16. The molecule has 0 bridgehead atoms. The van der Waals surface area contributed by atoms with Crippen molar-refractivity contribution in [2.24, 2.45) is 0 Å². The molecule has 0 spiro atoms. The normalized spacial score (nSPS) is 13.1. The van der Waals surface area contributed by atoms with Crippen LogP contribution in [0.5, 0.6) is 0 Å². The molecule has 0 rings (SSSR count). The third kappa shape index (κ3) is 67.7. The van der Waals surface area contributed by atoms with Crippen molar-refractivity contribution in [3.63, 3.8) is 0 Å². The summed E-state index contributed by atoms with van der Waals surface area (Å²) in [6, 6.07) is 0. The van der Waals surface area contributed by atoms with Gasteiger partial charge in [0.15, 0.2) is 6.10 Å². The van der Waals surface area contributed by atoms with Crippen molar-refractivity contribution in [3.8, 4) is 0 Å². The largest absolute Gasteiger partial charge is 0.462 e. The van der Waals surface area contributed by atoms with Gasteiger partial charge < -0.3 is 14.2 Å². The Balaban J connectivity index is 4.14. The molecule has 0 N–H and O–H groups in total. The summed E-state index contributed by atoms with van der Waals surface area (Å²) in [5, 5.41) is 0. The van der Waals surface area contributed by atoms with Crippen molar-refractivity contribution in [1.82, 2.24) is 0 Å². The summed E-state index contributed by atoms with van der Waals surface area (Å²) in [6.45, 7) is 6.35. The van der Waals surface area contributed by atoms with Crippen molar-refractivity contribution in [2.75, 3.05) is 13.2 Å². The van der Waals surface area contributed by atoms with E-state index in [-0.39, 0.29) is 31.1 Å². The van der Waals surface area contributed by atoms with Gasteiger partial charge in [-0.15, -0.1) is 0 Å². The number of esters is 3. The maximum atomic E-state index is 12.9. The SMILES string of the molecule is CC/C=C\C/C=C\C/C=C\C/C=C\C/C=C\C/C=C\C/C=C\CCCCCCCCCCCCCCCC(=O)OCC(COC(=O)CCCCCCCCC)OC(=O)CCCCCC/C=C\C/C=C\C/C=C\C/C=C\C/C=C\C/C=C\CC. The molecule has 1 unspecified atom stereocenters. The highest BCUT2D eigenvalue weighted by Gasteiger charge is 2.19. The van der Waals surface area contributed by atoms with Gasteiger partial charge in [-0.3, -0.25) is 14.4 Å². The molecule has 0 heterocycles. The predicted octanol–water partition coefficient (Wildman–Crippen LogP) is 23.7. The van der Waals surface area contributed by atoms with Gasteiger partial charge in [0, 0.05) is 19.3 Å². The average molecular weight is 1150 g/mol. The number of rotatable bonds is 60. The minimum atomic E-state index is -0.796. The fraction of sp³-hybridized carbons (Fsp3) is 0.623. The second kappa shape index (κ2) is 69.5. The summed E-state index contributed by atoms with van der Waals surface area (Å²) in [5.41, 5.74) is 0. The van der Waals surface area contributed by atoms with E-state index in [1.165, 1.54) is 96.3 Å². The maximum Gasteiger partial charge on any atom is 0.306 e. The summed E-state index contributed by atoms with van der Waals surface area (Å²) in [5.74, 6) is -0.925. The van der Waals surface area contributed by atoms with Crippen LogP contribution in [0.15, 0.2) is 158 Å². The lowest BCUT2D eigenvalue weighted by atomic mass is 10.0. The van der Waals surface area contributed by atoms with Crippen LogP contribution in [0.25, 0.3) is 0 Å². The first-order chi connectivity index (χ1) is 41.0. The summed E-state index contributed by atoms with van der Waals surface area (Å²) in [4.78, 5) is 38.1. The fourth-order valence-corrected chi connectivity index (χ4v) is 9.01. The molecule has 83 heavy (non-hydrogen) atoms. The summed E-state index contributed by atoms with van der Waals surface area (Å²) in [7, 11) is 0. The van der Waals surface area contributed by atoms with E-state index in [1.54, 1.807) is 0 Å². The molecule has 0 aliphatic rings. The van der Waals surface area contributed by atoms with Crippen molar-refractivity contribution in [2.45, 2.75) is 297 Å². The van der Waals surface area contributed by atoms with E-state index in [9.17, 15) is 14.4 Å². The van der Waals surface area contributed by atoms with Crippen molar-refractivity contribution < 1.29 is 28.6 Å². The monoisotopic (exact) mass is 1140 g/mol. The molecular formula is C77H124O6. The molecule has 0 saturated carbocycles. The van der Waals surface area contributed by atoms with Crippen LogP contribution in [-0.2, 0) is 28.6 Å². The van der Waals surface area contributed by atoms with E-state index in [0.717, 1.165) is 154 Å². The molecule has 0 aliphatic heterocycles. The molecule has 0 aromatic rings. The van der Waals surface area contributed by atoms with Crippen LogP contribution in [0.1, 0.15) is 290 Å². The topological polar surface area (TPSA) is 78.9 Å². The van der Waals surface area contributed by atoms with Gasteiger partial charge in [-0.2, -0.15) is 0 Å². The second-order valence-electron chi connectivity index (χ2n) is 22.0. The van der Waals surface area contributed by atoms with Crippen LogP contribution in [0.3, 0.4) is 0 Å². The summed E-state index contributed by atoms with van der Waals surface area (Å²) in [6.07, 6.45) is 101. The van der Waals surface area contributed by atoms with Crippen LogP contribution in [-0.4, -0.2) is 37.2 Å². The minimum Gasteiger partial charge on any atom is -0.462 e. The Morgan fingerprint density at radius 1 is 0.253 bits per heavy atom. The lowest BCUT2D eigenvalue weighted by Crippen LogP contribution is -2.30. The Labute approximate surface area is 511 Å². The molecule has 0 aromatic carbocycles. The Morgan fingerprint density at radius 3 is 0.735 bits per heavy atom. The molecule has 0 saturated heterocycles. The van der Waals surface area contributed by atoms with E-state index in [1.807, 2.05) is 0 Å². The molecule has 6 heteroatoms. The number of carbonyl (C=O) groups is 3. The molecule has 468 valence electrons. The van der Waals surface area contributed by atoms with Gasteiger partial charge in [0.2, 0.25) is 0 Å². The lowest BCUT2D eigenvalue weighted by Gasteiger charge is -2.18. The fourth-order valence-electron chi connectivity index (χ4n) is 9.01. The number of carbonyl (C=O) groups excluding carboxylic acids is 3. The Kier molecular flexibility index (Phi) is 65.4. The number of hydrogen-bond acceptors (Lipinski definition) is 6. The molecule has 0 fully saturated rings. The first-order valence-corrected chi connectivity index (χ1v) is 34.0. The molecule has 1 atom stereocenters. The van der Waals surface area contributed by atoms with Crippen molar-refractivity contribution in [1.29, 1.82) is 0 Å². The van der Waals surface area contributed by atoms with E-state index in [2.05, 4.69) is 179 Å². The van der Waals surface area contributed by atoms with Crippen LogP contribution < -0.4 is 0 Å². The quantitative estimate of drug-likeness (QED) is 0.0261. The van der Waals surface area contributed by atoms with E-state index in [0.29, 0.717) is 19.3 Å². The highest BCUT2D eigenvalue weighted by molar-refractivity contribution is 5.71. The van der Waals surface area contributed by atoms with Crippen LogP contribution in [0.4, 0.5) is 0 Å². The predicted molar refractivity (Wildman–Crippen MR) is 362 cm³/mol. The zero-order valence-corrected chi connectivity index (χ0v) is 53.7. The summed E-state index contributed by atoms with van der Waals surface area (Å²) < 4.78 is 16.8. The third-order valence-corrected chi connectivity index (χ3v) is 14.0. The standard InChI is InChI=1S/C77H124O6/c1-4-7-10-13-16-18-20-22-24-26-28-30-32-33-34-35-36-37-38-39-40-41-42-43-45-46-48-50-52-54-56-58-61-64-67-70-76(79)82-73-74(72-81-75(78)69-66-63-60-15-12-9-6-3)83-77(80)71-68-65-62-59-57-55-53-51-49-47-44-31-29-27-25-23-21-19-17-14-11-8-5-2/h7-8,10-11,16-19,22-25,28-31,33-34,36-37,39-40,47,49,53,55,74H,4-6,9,12-15,20-21,26-27,32,35,38,41-46,48,50-52,54,56-73H2,1-3H3/b10-7-,11-8-,18-16-,19-17-,24-22-,25-23-,30-28-,31-29-,34-33-,37-36-,40-39-,49-47-,55-53-. The number of hydrogen-bond donors (Lipinski definition) is 0. The van der Waals surface area contributed by atoms with Gasteiger partial charge in [-0.05, 0) is 128 Å². The Morgan fingerprint density at radius 2 is 0.470 bits per heavy atom. The van der Waals surface area contributed by atoms with Gasteiger partial charge in [-0.25, -0.2) is 0 Å². The number of ether oxygens (including phenoxy) is 3. The number of unbranched alkanes of at least 4 members (excludes halogenated alkanes) is 23. The zero-order valence-electron chi connectivity index (χ0n) is 53.7. The van der Waals surface area contributed by atoms with Gasteiger partial charge in [0.25, 0.3) is 0 Å². The van der Waals surface area contributed by atoms with E-state index in [4.69, 9.17) is 14.2 Å². The molecule has 0 aliphatic carbocycles. The van der Waals surface area contributed by atoms with Crippen molar-refractivity contribution in [3.05, 3.63) is 158 Å². The molecule has 0 aromatic heterocycles.